The summed E-state index contributed by atoms with van der Waals surface area (Å²) in [7, 11) is 0. The van der Waals surface area contributed by atoms with E-state index in [4.69, 9.17) is 11.6 Å². The maximum absolute atomic E-state index is 10.7. The summed E-state index contributed by atoms with van der Waals surface area (Å²) in [6.07, 6.45) is -0.288. The minimum atomic E-state index is -1.11. The summed E-state index contributed by atoms with van der Waals surface area (Å²) >= 11 is 5.87. The SMILES string of the molecule is CC(=O)NCCC(O)C(O)c1cc(C)cnc1Cl. The third kappa shape index (κ3) is 4.25. The zero-order valence-corrected chi connectivity index (χ0v) is 11.1. The first-order valence-electron chi connectivity index (χ1n) is 5.64. The number of rotatable bonds is 5. The van der Waals surface area contributed by atoms with Gasteiger partial charge in [-0.05, 0) is 25.0 Å². The molecule has 0 fully saturated rings. The molecular formula is C12H17ClN2O3. The van der Waals surface area contributed by atoms with Gasteiger partial charge in [0.15, 0.2) is 0 Å². The van der Waals surface area contributed by atoms with E-state index in [-0.39, 0.29) is 17.5 Å². The van der Waals surface area contributed by atoms with Crippen LogP contribution in [0.2, 0.25) is 5.15 Å². The maximum Gasteiger partial charge on any atom is 0.216 e. The van der Waals surface area contributed by atoms with Gasteiger partial charge in [-0.3, -0.25) is 4.79 Å². The van der Waals surface area contributed by atoms with Crippen molar-refractivity contribution in [2.45, 2.75) is 32.5 Å². The molecule has 1 heterocycles. The first-order chi connectivity index (χ1) is 8.41. The Kier molecular flexibility index (Phi) is 5.53. The van der Waals surface area contributed by atoms with Crippen molar-refractivity contribution in [1.29, 1.82) is 0 Å². The van der Waals surface area contributed by atoms with Crippen LogP contribution in [0.3, 0.4) is 0 Å². The van der Waals surface area contributed by atoms with E-state index >= 15 is 0 Å². The number of carbonyl (C=O) groups is 1. The second-order valence-electron chi connectivity index (χ2n) is 4.18. The molecule has 2 atom stereocenters. The number of aromatic nitrogens is 1. The highest BCUT2D eigenvalue weighted by Gasteiger charge is 2.21. The number of nitrogens with one attached hydrogen (secondary N) is 1. The van der Waals surface area contributed by atoms with Crippen LogP contribution in [-0.4, -0.2) is 33.8 Å². The molecule has 0 aliphatic carbocycles. The molecule has 6 heteroatoms. The average molecular weight is 273 g/mol. The van der Waals surface area contributed by atoms with Gasteiger partial charge >= 0.3 is 0 Å². The molecule has 1 aromatic heterocycles. The standard InChI is InChI=1S/C12H17ClN2O3/c1-7-5-9(12(13)15-6-7)11(18)10(17)3-4-14-8(2)16/h5-6,10-11,17-18H,3-4H2,1-2H3,(H,14,16). The van der Waals surface area contributed by atoms with E-state index in [9.17, 15) is 15.0 Å². The van der Waals surface area contributed by atoms with Crippen LogP contribution in [-0.2, 0) is 4.79 Å². The number of halogens is 1. The van der Waals surface area contributed by atoms with Gasteiger partial charge < -0.3 is 15.5 Å². The summed E-state index contributed by atoms with van der Waals surface area (Å²) in [6, 6.07) is 1.68. The third-order valence-electron chi connectivity index (χ3n) is 2.50. The van der Waals surface area contributed by atoms with E-state index < -0.39 is 12.2 Å². The van der Waals surface area contributed by atoms with E-state index in [2.05, 4.69) is 10.3 Å². The van der Waals surface area contributed by atoms with Gasteiger partial charge in [-0.2, -0.15) is 0 Å². The van der Waals surface area contributed by atoms with E-state index in [1.807, 2.05) is 6.92 Å². The molecule has 0 radical (unpaired) electrons. The molecule has 5 nitrogen and oxygen atoms in total. The molecule has 0 spiro atoms. The summed E-state index contributed by atoms with van der Waals surface area (Å²) in [4.78, 5) is 14.6. The molecule has 1 amide bonds. The van der Waals surface area contributed by atoms with Crippen LogP contribution in [0.4, 0.5) is 0 Å². The van der Waals surface area contributed by atoms with E-state index in [1.54, 1.807) is 12.3 Å². The number of carbonyl (C=O) groups excluding carboxylic acids is 1. The van der Waals surface area contributed by atoms with Gasteiger partial charge in [0.25, 0.3) is 0 Å². The zero-order chi connectivity index (χ0) is 13.7. The predicted molar refractivity (Wildman–Crippen MR) is 68.3 cm³/mol. The number of pyridine rings is 1. The molecule has 2 unspecified atom stereocenters. The van der Waals surface area contributed by atoms with Crippen LogP contribution in [0.15, 0.2) is 12.3 Å². The minimum absolute atomic E-state index is 0.173. The van der Waals surface area contributed by atoms with E-state index in [0.29, 0.717) is 12.1 Å². The number of hydrogen-bond donors (Lipinski definition) is 3. The van der Waals surface area contributed by atoms with Crippen molar-refractivity contribution in [2.75, 3.05) is 6.54 Å². The normalized spacial score (nSPS) is 14.1. The predicted octanol–water partition coefficient (Wildman–Crippen LogP) is 0.964. The van der Waals surface area contributed by atoms with Gasteiger partial charge in [0.05, 0.1) is 6.10 Å². The highest BCUT2D eigenvalue weighted by Crippen LogP contribution is 2.25. The van der Waals surface area contributed by atoms with E-state index in [0.717, 1.165) is 5.56 Å². The molecule has 0 aliphatic rings. The smallest absolute Gasteiger partial charge is 0.216 e. The molecule has 1 aromatic rings. The Hall–Kier alpha value is -1.17. The highest BCUT2D eigenvalue weighted by molar-refractivity contribution is 6.30. The summed E-state index contributed by atoms with van der Waals surface area (Å²) in [5.74, 6) is -0.174. The lowest BCUT2D eigenvalue weighted by molar-refractivity contribution is -0.119. The number of amides is 1. The summed E-state index contributed by atoms with van der Waals surface area (Å²) in [5, 5.41) is 22.5. The quantitative estimate of drug-likeness (QED) is 0.698. The highest BCUT2D eigenvalue weighted by atomic mass is 35.5. The van der Waals surface area contributed by atoms with Crippen LogP contribution in [0, 0.1) is 6.92 Å². The minimum Gasteiger partial charge on any atom is -0.390 e. The summed E-state index contributed by atoms with van der Waals surface area (Å²) in [6.45, 7) is 3.51. The monoisotopic (exact) mass is 272 g/mol. The van der Waals surface area contributed by atoms with Gasteiger partial charge in [0.2, 0.25) is 5.91 Å². The van der Waals surface area contributed by atoms with Crippen LogP contribution >= 0.6 is 11.6 Å². The lowest BCUT2D eigenvalue weighted by atomic mass is 10.0. The fourth-order valence-corrected chi connectivity index (χ4v) is 1.76. The van der Waals surface area contributed by atoms with Crippen molar-refractivity contribution < 1.29 is 15.0 Å². The fraction of sp³-hybridized carbons (Fsp3) is 0.500. The Labute approximate surface area is 111 Å². The number of aryl methyl sites for hydroxylation is 1. The Morgan fingerprint density at radius 1 is 1.56 bits per heavy atom. The van der Waals surface area contributed by atoms with E-state index in [1.165, 1.54) is 6.92 Å². The maximum atomic E-state index is 10.7. The molecule has 18 heavy (non-hydrogen) atoms. The molecule has 0 saturated heterocycles. The largest absolute Gasteiger partial charge is 0.390 e. The zero-order valence-electron chi connectivity index (χ0n) is 10.4. The second-order valence-corrected chi connectivity index (χ2v) is 4.53. The van der Waals surface area contributed by atoms with Crippen LogP contribution in [0.5, 0.6) is 0 Å². The number of hydrogen-bond acceptors (Lipinski definition) is 4. The Morgan fingerprint density at radius 3 is 2.83 bits per heavy atom. The van der Waals surface area contributed by atoms with Crippen LogP contribution in [0.25, 0.3) is 0 Å². The van der Waals surface area contributed by atoms with Gasteiger partial charge in [-0.25, -0.2) is 4.98 Å². The third-order valence-corrected chi connectivity index (χ3v) is 2.82. The Morgan fingerprint density at radius 2 is 2.22 bits per heavy atom. The summed E-state index contributed by atoms with van der Waals surface area (Å²) in [5.41, 5.74) is 1.24. The van der Waals surface area contributed by atoms with Crippen LogP contribution < -0.4 is 5.32 Å². The number of nitrogens with zero attached hydrogens (tertiary/aromatic N) is 1. The molecule has 3 N–H and O–H groups in total. The lowest BCUT2D eigenvalue weighted by Crippen LogP contribution is -2.27. The first-order valence-corrected chi connectivity index (χ1v) is 6.02. The molecule has 0 bridgehead atoms. The van der Waals surface area contributed by atoms with Crippen molar-refractivity contribution in [3.8, 4) is 0 Å². The van der Waals surface area contributed by atoms with Gasteiger partial charge in [-0.15, -0.1) is 0 Å². The van der Waals surface area contributed by atoms with Crippen molar-refractivity contribution in [1.82, 2.24) is 10.3 Å². The molecule has 100 valence electrons. The topological polar surface area (TPSA) is 82.5 Å². The van der Waals surface area contributed by atoms with Crippen molar-refractivity contribution in [3.05, 3.63) is 28.5 Å². The number of aliphatic hydroxyl groups excluding tert-OH is 2. The molecular weight excluding hydrogens is 256 g/mol. The van der Waals surface area contributed by atoms with Crippen molar-refractivity contribution in [3.63, 3.8) is 0 Å². The van der Waals surface area contributed by atoms with Gasteiger partial charge in [0.1, 0.15) is 11.3 Å². The Balaban J connectivity index is 2.64. The first kappa shape index (κ1) is 14.9. The molecule has 1 rings (SSSR count). The lowest BCUT2D eigenvalue weighted by Gasteiger charge is -2.19. The molecule has 0 aromatic carbocycles. The van der Waals surface area contributed by atoms with Crippen LogP contribution in [0.1, 0.15) is 30.6 Å². The molecule has 0 saturated carbocycles. The van der Waals surface area contributed by atoms with Crippen molar-refractivity contribution >= 4 is 17.5 Å². The fourth-order valence-electron chi connectivity index (χ4n) is 1.54. The molecule has 0 aliphatic heterocycles. The van der Waals surface area contributed by atoms with Crippen molar-refractivity contribution in [2.24, 2.45) is 0 Å². The number of aliphatic hydroxyl groups is 2. The average Bonchev–Trinajstić information content (AvgIpc) is 2.30. The summed E-state index contributed by atoms with van der Waals surface area (Å²) < 4.78 is 0. The Bertz CT molecular complexity index is 426. The van der Waals surface area contributed by atoms with Gasteiger partial charge in [-0.1, -0.05) is 11.6 Å². The van der Waals surface area contributed by atoms with Gasteiger partial charge in [0, 0.05) is 25.2 Å². The second kappa shape index (κ2) is 6.68.